The molecule has 2 fully saturated rings. The van der Waals surface area contributed by atoms with Gasteiger partial charge in [-0.2, -0.15) is 0 Å². The van der Waals surface area contributed by atoms with E-state index in [2.05, 4.69) is 0 Å². The van der Waals surface area contributed by atoms with Gasteiger partial charge in [0.15, 0.2) is 0 Å². The smallest absolute Gasteiger partial charge is 0.410 e. The van der Waals surface area contributed by atoms with Gasteiger partial charge in [-0.25, -0.2) is 9.18 Å². The van der Waals surface area contributed by atoms with Crippen LogP contribution in [-0.2, 0) is 4.74 Å². The molecular weight excluding hydrogens is 225 g/mol. The number of nitrogens with zero attached hydrogens (tertiary/aromatic N) is 1. The molecule has 0 aromatic rings. The third-order valence-corrected chi connectivity index (χ3v) is 3.40. The number of carbonyl (C=O) groups excluding carboxylic acids is 1. The minimum atomic E-state index is -1.35. The summed E-state index contributed by atoms with van der Waals surface area (Å²) in [5, 5.41) is 9.54. The molecule has 0 aliphatic carbocycles. The van der Waals surface area contributed by atoms with Crippen LogP contribution < -0.4 is 0 Å². The van der Waals surface area contributed by atoms with E-state index in [-0.39, 0.29) is 6.04 Å². The lowest BCUT2D eigenvalue weighted by Gasteiger charge is -2.39. The van der Waals surface area contributed by atoms with E-state index in [1.54, 1.807) is 20.8 Å². The van der Waals surface area contributed by atoms with Crippen molar-refractivity contribution in [1.82, 2.24) is 4.90 Å². The van der Waals surface area contributed by atoms with E-state index in [4.69, 9.17) is 4.74 Å². The normalized spacial score (nSPS) is 37.1. The van der Waals surface area contributed by atoms with Gasteiger partial charge in [-0.1, -0.05) is 0 Å². The number of ether oxygens (including phenoxy) is 1. The van der Waals surface area contributed by atoms with Gasteiger partial charge < -0.3 is 9.84 Å². The molecule has 0 aromatic heterocycles. The molecule has 4 nitrogen and oxygen atoms in total. The van der Waals surface area contributed by atoms with Gasteiger partial charge in [0.05, 0.1) is 12.1 Å². The number of fused-ring (bicyclic) bond motifs is 2. The molecule has 0 unspecified atom stereocenters. The van der Waals surface area contributed by atoms with Crippen molar-refractivity contribution < 1.29 is 19.0 Å². The fourth-order valence-electron chi connectivity index (χ4n) is 2.72. The van der Waals surface area contributed by atoms with Crippen molar-refractivity contribution in [3.8, 4) is 0 Å². The zero-order valence-corrected chi connectivity index (χ0v) is 10.5. The second-order valence-electron chi connectivity index (χ2n) is 5.93. The molecule has 2 aliphatic heterocycles. The van der Waals surface area contributed by atoms with Crippen molar-refractivity contribution in [2.24, 2.45) is 0 Å². The molecule has 0 aromatic carbocycles. The van der Waals surface area contributed by atoms with Gasteiger partial charge in [0.25, 0.3) is 0 Å². The van der Waals surface area contributed by atoms with Crippen molar-refractivity contribution in [2.45, 2.75) is 70.0 Å². The second-order valence-corrected chi connectivity index (χ2v) is 5.93. The average molecular weight is 245 g/mol. The number of rotatable bonds is 0. The highest BCUT2D eigenvalue weighted by Crippen LogP contribution is 2.38. The maximum Gasteiger partial charge on any atom is 0.410 e. The number of aliphatic hydroxyl groups excluding tert-OH is 1. The first-order valence-electron chi connectivity index (χ1n) is 6.13. The standard InChI is InChI=1S/C12H20FNO3/c1-12(2,3)17-11(16)14-7-4-5-8(14)10(13)9(15)6-7/h7-10,15H,4-6H2,1-3H3/t7-,8+,9+,10-/m0/s1. The summed E-state index contributed by atoms with van der Waals surface area (Å²) < 4.78 is 19.1. The Morgan fingerprint density at radius 3 is 2.65 bits per heavy atom. The van der Waals surface area contributed by atoms with Crippen molar-refractivity contribution >= 4 is 6.09 Å². The predicted octanol–water partition coefficient (Wildman–Crippen LogP) is 1.86. The number of hydrogen-bond acceptors (Lipinski definition) is 3. The monoisotopic (exact) mass is 245 g/mol. The maximum atomic E-state index is 13.8. The van der Waals surface area contributed by atoms with E-state index in [9.17, 15) is 14.3 Å². The highest BCUT2D eigenvalue weighted by molar-refractivity contribution is 5.69. The Kier molecular flexibility index (Phi) is 3.06. The summed E-state index contributed by atoms with van der Waals surface area (Å²) in [7, 11) is 0. The van der Waals surface area contributed by atoms with Crippen molar-refractivity contribution in [1.29, 1.82) is 0 Å². The van der Waals surface area contributed by atoms with Gasteiger partial charge in [-0.05, 0) is 40.0 Å². The molecule has 0 radical (unpaired) electrons. The van der Waals surface area contributed by atoms with E-state index in [0.717, 1.165) is 6.42 Å². The molecular formula is C12H20FNO3. The Bertz CT molecular complexity index is 315. The Morgan fingerprint density at radius 1 is 1.41 bits per heavy atom. The summed E-state index contributed by atoms with van der Waals surface area (Å²) in [5.74, 6) is 0. The zero-order chi connectivity index (χ0) is 12.8. The summed E-state index contributed by atoms with van der Waals surface area (Å²) in [6.07, 6.45) is -1.06. The minimum Gasteiger partial charge on any atom is -0.444 e. The van der Waals surface area contributed by atoms with Crippen LogP contribution in [0.15, 0.2) is 0 Å². The van der Waals surface area contributed by atoms with Gasteiger partial charge in [-0.15, -0.1) is 0 Å². The minimum absolute atomic E-state index is 0.0724. The Morgan fingerprint density at radius 2 is 2.06 bits per heavy atom. The molecule has 2 aliphatic rings. The van der Waals surface area contributed by atoms with E-state index in [1.165, 1.54) is 4.90 Å². The third kappa shape index (κ3) is 2.39. The fraction of sp³-hybridized carbons (Fsp3) is 0.917. The number of piperidine rings is 1. The van der Waals surface area contributed by atoms with Crippen LogP contribution in [0.5, 0.6) is 0 Å². The van der Waals surface area contributed by atoms with E-state index < -0.39 is 30.0 Å². The maximum absolute atomic E-state index is 13.8. The largest absolute Gasteiger partial charge is 0.444 e. The van der Waals surface area contributed by atoms with Crippen LogP contribution in [0.25, 0.3) is 0 Å². The number of halogens is 1. The SMILES string of the molecule is CC(C)(C)OC(=O)N1[C@H]2CC[C@@H]1[C@H](F)[C@H](O)C2. The number of amides is 1. The van der Waals surface area contributed by atoms with Crippen LogP contribution in [0, 0.1) is 0 Å². The van der Waals surface area contributed by atoms with E-state index in [0.29, 0.717) is 12.8 Å². The molecule has 5 heteroatoms. The molecule has 2 rings (SSSR count). The molecule has 1 N–H and O–H groups in total. The van der Waals surface area contributed by atoms with Crippen molar-refractivity contribution in [3.63, 3.8) is 0 Å². The highest BCUT2D eigenvalue weighted by atomic mass is 19.1. The van der Waals surface area contributed by atoms with Crippen LogP contribution in [0.3, 0.4) is 0 Å². The quantitative estimate of drug-likeness (QED) is 0.708. The molecule has 98 valence electrons. The number of alkyl halides is 1. The molecule has 4 atom stereocenters. The summed E-state index contributed by atoms with van der Waals surface area (Å²) in [4.78, 5) is 13.5. The first-order valence-corrected chi connectivity index (χ1v) is 6.13. The Hall–Kier alpha value is -0.840. The van der Waals surface area contributed by atoms with Gasteiger partial charge in [0, 0.05) is 6.04 Å². The van der Waals surface area contributed by atoms with Gasteiger partial charge >= 0.3 is 6.09 Å². The van der Waals surface area contributed by atoms with Crippen LogP contribution >= 0.6 is 0 Å². The Labute approximate surface area is 101 Å². The lowest BCUT2D eigenvalue weighted by atomic mass is 9.98. The van der Waals surface area contributed by atoms with Crippen LogP contribution in [0.2, 0.25) is 0 Å². The summed E-state index contributed by atoms with van der Waals surface area (Å²) in [6, 6.07) is -0.588. The summed E-state index contributed by atoms with van der Waals surface area (Å²) in [5.41, 5.74) is -0.571. The van der Waals surface area contributed by atoms with Crippen molar-refractivity contribution in [3.05, 3.63) is 0 Å². The first kappa shape index (κ1) is 12.6. The molecule has 1 amide bonds. The summed E-state index contributed by atoms with van der Waals surface area (Å²) in [6.45, 7) is 5.37. The molecule has 17 heavy (non-hydrogen) atoms. The topological polar surface area (TPSA) is 49.8 Å². The lowest BCUT2D eigenvalue weighted by molar-refractivity contribution is -0.0478. The first-order chi connectivity index (χ1) is 7.79. The Balaban J connectivity index is 2.10. The molecule has 2 heterocycles. The fourth-order valence-corrected chi connectivity index (χ4v) is 2.72. The van der Waals surface area contributed by atoms with Crippen LogP contribution in [-0.4, -0.2) is 46.1 Å². The van der Waals surface area contributed by atoms with Gasteiger partial charge in [-0.3, -0.25) is 4.90 Å². The zero-order valence-electron chi connectivity index (χ0n) is 10.5. The van der Waals surface area contributed by atoms with Crippen LogP contribution in [0.1, 0.15) is 40.0 Å². The number of carbonyl (C=O) groups is 1. The van der Waals surface area contributed by atoms with Gasteiger partial charge in [0.1, 0.15) is 11.8 Å². The number of aliphatic hydroxyl groups is 1. The molecule has 0 saturated carbocycles. The van der Waals surface area contributed by atoms with E-state index >= 15 is 0 Å². The number of hydrogen-bond donors (Lipinski definition) is 1. The molecule has 2 saturated heterocycles. The van der Waals surface area contributed by atoms with E-state index in [1.807, 2.05) is 0 Å². The summed E-state index contributed by atoms with van der Waals surface area (Å²) >= 11 is 0. The molecule has 2 bridgehead atoms. The van der Waals surface area contributed by atoms with Gasteiger partial charge in [0.2, 0.25) is 0 Å². The predicted molar refractivity (Wildman–Crippen MR) is 60.4 cm³/mol. The second kappa shape index (κ2) is 4.12. The third-order valence-electron chi connectivity index (χ3n) is 3.40. The highest BCUT2D eigenvalue weighted by Gasteiger charge is 2.50. The van der Waals surface area contributed by atoms with Crippen LogP contribution in [0.4, 0.5) is 9.18 Å². The molecule has 0 spiro atoms. The average Bonchev–Trinajstić information content (AvgIpc) is 2.51. The lowest BCUT2D eigenvalue weighted by Crippen LogP contribution is -2.55. The van der Waals surface area contributed by atoms with Crippen molar-refractivity contribution in [2.75, 3.05) is 0 Å².